The molecule has 1 aliphatic rings. The Morgan fingerprint density at radius 1 is 1.50 bits per heavy atom. The Labute approximate surface area is 59.5 Å². The smallest absolute Gasteiger partial charge is 0.0547 e. The third kappa shape index (κ3) is 3.44. The summed E-state index contributed by atoms with van der Waals surface area (Å²) in [6, 6.07) is 0. The van der Waals surface area contributed by atoms with Gasteiger partial charge in [-0.25, -0.2) is 0 Å². The predicted molar refractivity (Wildman–Crippen MR) is 39.5 cm³/mol. The molecule has 0 radical (unpaired) electrons. The molecule has 1 fully saturated rings. The topological polar surface area (TPSA) is 9.23 Å². The minimum absolute atomic E-state index is 0.546. The molecule has 0 aromatic rings. The van der Waals surface area contributed by atoms with Gasteiger partial charge in [0.2, 0.25) is 0 Å². The molecule has 2 heteroatoms. The maximum absolute atomic E-state index is 5.15. The van der Waals surface area contributed by atoms with Crippen LogP contribution >= 0.6 is 15.9 Å². The molecule has 50 valence electrons. The van der Waals surface area contributed by atoms with Crippen molar-refractivity contribution in [2.75, 3.05) is 12.4 Å². The van der Waals surface area contributed by atoms with E-state index in [4.69, 9.17) is 4.74 Å². The Bertz CT molecular complexity index is 41.8. The van der Waals surface area contributed by atoms with Crippen LogP contribution in [0.15, 0.2) is 0 Å². The van der Waals surface area contributed by atoms with Crippen molar-refractivity contribution in [3.63, 3.8) is 0 Å². The molecule has 0 aliphatic carbocycles. The molecule has 1 heterocycles. The van der Waals surface area contributed by atoms with Crippen LogP contribution in [0.5, 0.6) is 0 Å². The molecule has 1 rings (SSSR count). The maximum atomic E-state index is 5.15. The fourth-order valence-electron chi connectivity index (χ4n) is 0.739. The van der Waals surface area contributed by atoms with E-state index in [1.165, 1.54) is 12.8 Å². The summed E-state index contributed by atoms with van der Waals surface area (Å²) in [4.78, 5) is 0. The highest BCUT2D eigenvalue weighted by Crippen LogP contribution is 2.09. The lowest BCUT2D eigenvalue weighted by Gasteiger charge is -1.94. The first kappa shape index (κ1) is 8.44. The summed E-state index contributed by atoms with van der Waals surface area (Å²) < 4.78 is 5.15. The lowest BCUT2D eigenvalue weighted by atomic mass is 10.3. The molecule has 1 saturated heterocycles. The standard InChI is InChI=1S/C5H10O.CH3Br/c1-5-3-2-4-6-5;1-2/h5H,2-4H2,1H3;1H3. The predicted octanol–water partition coefficient (Wildman–Crippen LogP) is 2.20. The molecule has 0 saturated carbocycles. The molecular weight excluding hydrogens is 168 g/mol. The van der Waals surface area contributed by atoms with E-state index < -0.39 is 0 Å². The van der Waals surface area contributed by atoms with Gasteiger partial charge in [0.15, 0.2) is 0 Å². The number of rotatable bonds is 0. The first-order chi connectivity index (χ1) is 3.89. The van der Waals surface area contributed by atoms with E-state index >= 15 is 0 Å². The summed E-state index contributed by atoms with van der Waals surface area (Å²) in [7, 11) is 0. The lowest BCUT2D eigenvalue weighted by Crippen LogP contribution is -1.94. The number of ether oxygens (including phenoxy) is 1. The molecule has 0 spiro atoms. The highest BCUT2D eigenvalue weighted by Gasteiger charge is 2.07. The van der Waals surface area contributed by atoms with Crippen molar-refractivity contribution in [2.24, 2.45) is 0 Å². The number of alkyl halides is 1. The normalized spacial score (nSPS) is 26.6. The van der Waals surface area contributed by atoms with Crippen molar-refractivity contribution in [3.05, 3.63) is 0 Å². The first-order valence-electron chi connectivity index (χ1n) is 2.89. The van der Waals surface area contributed by atoms with Crippen LogP contribution in [0, 0.1) is 0 Å². The Kier molecular flexibility index (Phi) is 5.88. The second-order valence-corrected chi connectivity index (χ2v) is 1.82. The van der Waals surface area contributed by atoms with Crippen LogP contribution in [0.3, 0.4) is 0 Å². The van der Waals surface area contributed by atoms with Crippen molar-refractivity contribution < 1.29 is 4.74 Å². The molecule has 8 heavy (non-hydrogen) atoms. The SMILES string of the molecule is CBr.CC1CCCO1. The molecule has 0 aromatic carbocycles. The van der Waals surface area contributed by atoms with Crippen molar-refractivity contribution >= 4 is 15.9 Å². The van der Waals surface area contributed by atoms with Gasteiger partial charge >= 0.3 is 0 Å². The molecular formula is C6H13BrO. The van der Waals surface area contributed by atoms with Crippen LogP contribution in [0.1, 0.15) is 19.8 Å². The van der Waals surface area contributed by atoms with Gasteiger partial charge in [-0.15, -0.1) is 0 Å². The molecule has 0 aromatic heterocycles. The fourth-order valence-corrected chi connectivity index (χ4v) is 0.739. The highest BCUT2D eigenvalue weighted by molar-refractivity contribution is 9.08. The van der Waals surface area contributed by atoms with Gasteiger partial charge in [0.1, 0.15) is 0 Å². The fraction of sp³-hybridized carbons (Fsp3) is 1.00. The minimum Gasteiger partial charge on any atom is -0.379 e. The number of hydrogen-bond donors (Lipinski definition) is 0. The maximum Gasteiger partial charge on any atom is 0.0547 e. The summed E-state index contributed by atoms with van der Waals surface area (Å²) >= 11 is 2.94. The van der Waals surface area contributed by atoms with Crippen molar-refractivity contribution in [1.82, 2.24) is 0 Å². The van der Waals surface area contributed by atoms with E-state index in [0.717, 1.165) is 6.61 Å². The Morgan fingerprint density at radius 2 is 2.12 bits per heavy atom. The Morgan fingerprint density at radius 3 is 2.25 bits per heavy atom. The molecule has 1 nitrogen and oxygen atoms in total. The van der Waals surface area contributed by atoms with E-state index in [9.17, 15) is 0 Å². The van der Waals surface area contributed by atoms with Gasteiger partial charge in [0.05, 0.1) is 6.10 Å². The second kappa shape index (κ2) is 5.57. The molecule has 0 bridgehead atoms. The van der Waals surface area contributed by atoms with Gasteiger partial charge < -0.3 is 4.74 Å². The van der Waals surface area contributed by atoms with E-state index in [2.05, 4.69) is 22.9 Å². The molecule has 1 unspecified atom stereocenters. The summed E-state index contributed by atoms with van der Waals surface area (Å²) in [5.74, 6) is 1.81. The monoisotopic (exact) mass is 180 g/mol. The first-order valence-corrected chi connectivity index (χ1v) is 4.47. The van der Waals surface area contributed by atoms with E-state index in [1.807, 2.05) is 5.83 Å². The van der Waals surface area contributed by atoms with Crippen LogP contribution in [-0.2, 0) is 4.74 Å². The largest absolute Gasteiger partial charge is 0.379 e. The van der Waals surface area contributed by atoms with Gasteiger partial charge in [-0.1, -0.05) is 15.9 Å². The number of hydrogen-bond acceptors (Lipinski definition) is 1. The quantitative estimate of drug-likeness (QED) is 0.520. The lowest BCUT2D eigenvalue weighted by molar-refractivity contribution is 0.125. The van der Waals surface area contributed by atoms with Crippen LogP contribution in [-0.4, -0.2) is 18.5 Å². The summed E-state index contributed by atoms with van der Waals surface area (Å²) in [6.45, 7) is 3.11. The molecule has 1 atom stereocenters. The van der Waals surface area contributed by atoms with Crippen LogP contribution in [0.2, 0.25) is 0 Å². The molecule has 0 amide bonds. The third-order valence-corrected chi connectivity index (χ3v) is 1.16. The van der Waals surface area contributed by atoms with Gasteiger partial charge in [0.25, 0.3) is 0 Å². The van der Waals surface area contributed by atoms with Crippen molar-refractivity contribution in [1.29, 1.82) is 0 Å². The zero-order valence-electron chi connectivity index (χ0n) is 5.48. The van der Waals surface area contributed by atoms with E-state index in [1.54, 1.807) is 0 Å². The van der Waals surface area contributed by atoms with Gasteiger partial charge in [-0.2, -0.15) is 0 Å². The Hall–Kier alpha value is 0.440. The summed E-state index contributed by atoms with van der Waals surface area (Å²) in [5, 5.41) is 0. The average molecular weight is 181 g/mol. The minimum atomic E-state index is 0.546. The second-order valence-electron chi connectivity index (χ2n) is 1.82. The van der Waals surface area contributed by atoms with Gasteiger partial charge in [-0.3, -0.25) is 0 Å². The zero-order chi connectivity index (χ0) is 6.41. The Balaban J connectivity index is 0.000000222. The number of halogens is 1. The van der Waals surface area contributed by atoms with E-state index in [-0.39, 0.29) is 0 Å². The highest BCUT2D eigenvalue weighted by atomic mass is 79.9. The van der Waals surface area contributed by atoms with Crippen molar-refractivity contribution in [3.8, 4) is 0 Å². The van der Waals surface area contributed by atoms with Gasteiger partial charge in [0, 0.05) is 6.61 Å². The van der Waals surface area contributed by atoms with Gasteiger partial charge in [-0.05, 0) is 25.6 Å². The van der Waals surface area contributed by atoms with E-state index in [0.29, 0.717) is 6.10 Å². The van der Waals surface area contributed by atoms with Crippen LogP contribution in [0.25, 0.3) is 0 Å². The molecule has 0 N–H and O–H groups in total. The third-order valence-electron chi connectivity index (χ3n) is 1.16. The average Bonchev–Trinajstić information content (AvgIpc) is 2.24. The van der Waals surface area contributed by atoms with Crippen molar-refractivity contribution in [2.45, 2.75) is 25.9 Å². The molecule has 1 aliphatic heterocycles. The van der Waals surface area contributed by atoms with Crippen LogP contribution in [0.4, 0.5) is 0 Å². The summed E-state index contributed by atoms with van der Waals surface area (Å²) in [6.07, 6.45) is 3.08. The van der Waals surface area contributed by atoms with Crippen LogP contribution < -0.4 is 0 Å². The zero-order valence-corrected chi connectivity index (χ0v) is 7.07. The summed E-state index contributed by atoms with van der Waals surface area (Å²) in [5.41, 5.74) is 0.